The van der Waals surface area contributed by atoms with E-state index in [1.165, 1.54) is 24.2 Å². The Labute approximate surface area is 116 Å². The molecule has 0 fully saturated rings. The first-order valence-electron chi connectivity index (χ1n) is 6.14. The molecule has 0 bridgehead atoms. The summed E-state index contributed by atoms with van der Waals surface area (Å²) in [4.78, 5) is 34.6. The van der Waals surface area contributed by atoms with Crippen molar-refractivity contribution in [1.82, 2.24) is 9.78 Å². The Balaban J connectivity index is 2.80. The van der Waals surface area contributed by atoms with Crippen LogP contribution in [0.1, 0.15) is 31.1 Å². The van der Waals surface area contributed by atoms with Crippen molar-refractivity contribution in [3.05, 3.63) is 18.0 Å². The van der Waals surface area contributed by atoms with E-state index in [2.05, 4.69) is 9.84 Å². The molecule has 1 rings (SSSR count). The number of hydrogen-bond donors (Lipinski definition) is 0. The predicted octanol–water partition coefficient (Wildman–Crippen LogP) is 0.828. The highest BCUT2D eigenvalue weighted by molar-refractivity contribution is 6.40. The van der Waals surface area contributed by atoms with E-state index in [1.807, 2.05) is 0 Å². The van der Waals surface area contributed by atoms with Crippen molar-refractivity contribution in [3.8, 4) is 0 Å². The Hall–Kier alpha value is -2.18. The van der Waals surface area contributed by atoms with Crippen LogP contribution < -0.4 is 0 Å². The van der Waals surface area contributed by atoms with Crippen LogP contribution in [0.15, 0.2) is 12.4 Å². The second-order valence-electron chi connectivity index (χ2n) is 4.85. The number of hydrogen-bond acceptors (Lipinski definition) is 6. The van der Waals surface area contributed by atoms with Gasteiger partial charge in [-0.2, -0.15) is 5.10 Å². The lowest BCUT2D eigenvalue weighted by atomic mass is 9.94. The fraction of sp³-hybridized carbons (Fsp3) is 0.538. The first-order valence-corrected chi connectivity index (χ1v) is 6.14. The van der Waals surface area contributed by atoms with Crippen molar-refractivity contribution in [3.63, 3.8) is 0 Å². The van der Waals surface area contributed by atoms with Crippen molar-refractivity contribution in [1.29, 1.82) is 0 Å². The first-order chi connectivity index (χ1) is 9.31. The number of Topliss-reactive ketones (excluding diaryl/α,β-unsaturated/α-hetero) is 1. The highest BCUT2D eigenvalue weighted by atomic mass is 16.5. The van der Waals surface area contributed by atoms with Gasteiger partial charge in [-0.3, -0.25) is 14.3 Å². The number of rotatable bonds is 6. The summed E-state index contributed by atoms with van der Waals surface area (Å²) in [7, 11) is 1.31. The minimum Gasteiger partial charge on any atom is -0.469 e. The molecule has 0 saturated carbocycles. The van der Waals surface area contributed by atoms with Crippen molar-refractivity contribution in [2.45, 2.75) is 27.3 Å². The molecule has 1 aromatic rings. The molecule has 7 heteroatoms. The quantitative estimate of drug-likeness (QED) is 0.436. The molecule has 0 spiro atoms. The molecule has 7 nitrogen and oxygen atoms in total. The number of nitrogens with zero attached hydrogens (tertiary/aromatic N) is 2. The Morgan fingerprint density at radius 2 is 2.00 bits per heavy atom. The maximum absolute atomic E-state index is 11.7. The van der Waals surface area contributed by atoms with Crippen molar-refractivity contribution in [2.75, 3.05) is 13.7 Å². The van der Waals surface area contributed by atoms with Crippen LogP contribution in [0.2, 0.25) is 0 Å². The molecule has 0 aromatic carbocycles. The summed E-state index contributed by atoms with van der Waals surface area (Å²) in [6, 6.07) is 0. The van der Waals surface area contributed by atoms with Crippen LogP contribution in [0.5, 0.6) is 0 Å². The average molecular weight is 282 g/mol. The Morgan fingerprint density at radius 3 is 2.55 bits per heavy atom. The van der Waals surface area contributed by atoms with Gasteiger partial charge in [0, 0.05) is 6.20 Å². The van der Waals surface area contributed by atoms with Crippen LogP contribution in [-0.2, 0) is 25.6 Å². The van der Waals surface area contributed by atoms with Crippen LogP contribution in [0.3, 0.4) is 0 Å². The molecule has 0 atom stereocenters. The van der Waals surface area contributed by atoms with Gasteiger partial charge in [-0.15, -0.1) is 0 Å². The fourth-order valence-corrected chi connectivity index (χ4v) is 1.63. The van der Waals surface area contributed by atoms with Crippen molar-refractivity contribution < 1.29 is 23.9 Å². The highest BCUT2D eigenvalue weighted by Crippen LogP contribution is 2.19. The molecule has 0 radical (unpaired) electrons. The predicted molar refractivity (Wildman–Crippen MR) is 69.0 cm³/mol. The van der Waals surface area contributed by atoms with E-state index in [9.17, 15) is 14.4 Å². The lowest BCUT2D eigenvalue weighted by Crippen LogP contribution is -2.30. The van der Waals surface area contributed by atoms with Gasteiger partial charge in [-0.25, -0.2) is 4.79 Å². The summed E-state index contributed by atoms with van der Waals surface area (Å²) in [5, 5.41) is 3.96. The molecular formula is C13H18N2O5. The van der Waals surface area contributed by atoms with Crippen LogP contribution in [0.4, 0.5) is 0 Å². The minimum atomic E-state index is -0.917. The second kappa shape index (κ2) is 6.31. The highest BCUT2D eigenvalue weighted by Gasteiger charge is 2.30. The van der Waals surface area contributed by atoms with Gasteiger partial charge < -0.3 is 9.47 Å². The van der Waals surface area contributed by atoms with Gasteiger partial charge in [-0.1, -0.05) is 0 Å². The summed E-state index contributed by atoms with van der Waals surface area (Å²) in [6.07, 6.45) is 2.68. The number of carbonyl (C=O) groups excluding carboxylic acids is 3. The summed E-state index contributed by atoms with van der Waals surface area (Å²) >= 11 is 0. The summed E-state index contributed by atoms with van der Waals surface area (Å²) in [5.41, 5.74) is -0.658. The van der Waals surface area contributed by atoms with Gasteiger partial charge >= 0.3 is 11.9 Å². The van der Waals surface area contributed by atoms with E-state index in [0.717, 1.165) is 0 Å². The monoisotopic (exact) mass is 282 g/mol. The molecule has 0 saturated heterocycles. The topological polar surface area (TPSA) is 87.5 Å². The van der Waals surface area contributed by atoms with Gasteiger partial charge in [0.15, 0.2) is 0 Å². The normalized spacial score (nSPS) is 11.0. The number of ether oxygens (including phenoxy) is 2. The molecule has 0 N–H and O–H groups in total. The minimum absolute atomic E-state index is 0.129. The van der Waals surface area contributed by atoms with Gasteiger partial charge in [0.25, 0.3) is 5.78 Å². The van der Waals surface area contributed by atoms with Crippen molar-refractivity contribution >= 4 is 17.7 Å². The van der Waals surface area contributed by atoms with Gasteiger partial charge in [0.2, 0.25) is 0 Å². The number of carbonyl (C=O) groups is 3. The molecule has 0 aliphatic rings. The van der Waals surface area contributed by atoms with E-state index in [1.54, 1.807) is 20.8 Å². The van der Waals surface area contributed by atoms with Gasteiger partial charge in [-0.05, 0) is 20.8 Å². The van der Waals surface area contributed by atoms with Crippen molar-refractivity contribution in [2.24, 2.45) is 5.41 Å². The third-order valence-corrected chi connectivity index (χ3v) is 2.65. The fourth-order valence-electron chi connectivity index (χ4n) is 1.63. The number of esters is 2. The Kier molecular flexibility index (Phi) is 5.01. The maximum Gasteiger partial charge on any atom is 0.379 e. The van der Waals surface area contributed by atoms with E-state index in [4.69, 9.17) is 4.74 Å². The molecule has 20 heavy (non-hydrogen) atoms. The zero-order valence-corrected chi connectivity index (χ0v) is 12.0. The van der Waals surface area contributed by atoms with Gasteiger partial charge in [0.05, 0.1) is 37.4 Å². The van der Waals surface area contributed by atoms with Crippen LogP contribution >= 0.6 is 0 Å². The third kappa shape index (κ3) is 3.66. The summed E-state index contributed by atoms with van der Waals surface area (Å²) in [5.74, 6) is -2.06. The zero-order valence-electron chi connectivity index (χ0n) is 12.0. The van der Waals surface area contributed by atoms with E-state index in [0.29, 0.717) is 0 Å². The Morgan fingerprint density at radius 1 is 1.35 bits per heavy atom. The molecule has 1 heterocycles. The first kappa shape index (κ1) is 15.9. The molecule has 0 aliphatic carbocycles. The maximum atomic E-state index is 11.7. The Bertz CT molecular complexity index is 519. The SMILES string of the molecule is CCOC(=O)C(=O)c1cnn(CC(C)(C)C(=O)OC)c1. The lowest BCUT2D eigenvalue weighted by molar-refractivity contribution is -0.151. The molecular weight excluding hydrogens is 264 g/mol. The standard InChI is InChI=1S/C13H18N2O5/c1-5-20-11(17)10(16)9-6-14-15(7-9)8-13(2,3)12(18)19-4/h6-7H,5,8H2,1-4H3. The van der Waals surface area contributed by atoms with E-state index < -0.39 is 17.2 Å². The zero-order chi connectivity index (χ0) is 15.3. The molecule has 110 valence electrons. The lowest BCUT2D eigenvalue weighted by Gasteiger charge is -2.20. The number of ketones is 1. The smallest absolute Gasteiger partial charge is 0.379 e. The van der Waals surface area contributed by atoms with Crippen LogP contribution in [0, 0.1) is 5.41 Å². The molecule has 1 aromatic heterocycles. The summed E-state index contributed by atoms with van der Waals surface area (Å²) < 4.78 is 10.7. The number of aromatic nitrogens is 2. The van der Waals surface area contributed by atoms with Gasteiger partial charge in [0.1, 0.15) is 0 Å². The van der Waals surface area contributed by atoms with E-state index >= 15 is 0 Å². The average Bonchev–Trinajstić information content (AvgIpc) is 2.84. The third-order valence-electron chi connectivity index (χ3n) is 2.65. The summed E-state index contributed by atoms with van der Waals surface area (Å²) in [6.45, 7) is 5.39. The molecule has 0 unspecified atom stereocenters. The second-order valence-corrected chi connectivity index (χ2v) is 4.85. The number of methoxy groups -OCH3 is 1. The van der Waals surface area contributed by atoms with Crippen LogP contribution in [0.25, 0.3) is 0 Å². The molecule has 0 aliphatic heterocycles. The largest absolute Gasteiger partial charge is 0.469 e. The molecule has 0 amide bonds. The van der Waals surface area contributed by atoms with E-state index in [-0.39, 0.29) is 24.7 Å². The van der Waals surface area contributed by atoms with Crippen LogP contribution in [-0.4, -0.2) is 41.2 Å².